The lowest BCUT2D eigenvalue weighted by atomic mass is 10.1. The van der Waals surface area contributed by atoms with Crippen LogP contribution in [0, 0.1) is 17.7 Å². The fourth-order valence-electron chi connectivity index (χ4n) is 1.94. The molecule has 0 aliphatic rings. The van der Waals surface area contributed by atoms with E-state index in [0.29, 0.717) is 17.7 Å². The van der Waals surface area contributed by atoms with Crippen LogP contribution in [0.15, 0.2) is 35.0 Å². The fraction of sp³-hybridized carbons (Fsp3) is 0.250. The van der Waals surface area contributed by atoms with E-state index in [0.717, 1.165) is 6.54 Å². The second-order valence-electron chi connectivity index (χ2n) is 4.57. The van der Waals surface area contributed by atoms with Crippen LogP contribution in [0.3, 0.4) is 0 Å². The van der Waals surface area contributed by atoms with E-state index in [4.69, 9.17) is 5.11 Å². The summed E-state index contributed by atoms with van der Waals surface area (Å²) < 4.78 is 14.0. The summed E-state index contributed by atoms with van der Waals surface area (Å²) >= 11 is 1.66. The lowest BCUT2D eigenvalue weighted by Crippen LogP contribution is -2.17. The molecule has 0 saturated carbocycles. The second-order valence-corrected chi connectivity index (χ2v) is 5.35. The van der Waals surface area contributed by atoms with Gasteiger partial charge < -0.3 is 5.11 Å². The smallest absolute Gasteiger partial charge is 0.128 e. The Morgan fingerprint density at radius 3 is 2.80 bits per heavy atom. The van der Waals surface area contributed by atoms with Crippen molar-refractivity contribution in [3.05, 3.63) is 57.5 Å². The van der Waals surface area contributed by atoms with E-state index < -0.39 is 0 Å². The van der Waals surface area contributed by atoms with Crippen LogP contribution < -0.4 is 0 Å². The van der Waals surface area contributed by atoms with E-state index in [9.17, 15) is 4.39 Å². The van der Waals surface area contributed by atoms with Gasteiger partial charge in [0, 0.05) is 24.2 Å². The predicted octanol–water partition coefficient (Wildman–Crippen LogP) is 2.86. The molecule has 0 unspecified atom stereocenters. The highest BCUT2D eigenvalue weighted by atomic mass is 32.1. The van der Waals surface area contributed by atoms with Gasteiger partial charge in [-0.1, -0.05) is 17.9 Å². The standard InChI is InChI=1S/C16H16FNOS/c1-18(10-14-6-8-20-12-14)11-15-5-4-13(3-2-7-19)9-16(15)17/h4-6,8-9,12,19H,7,10-11H2,1H3. The van der Waals surface area contributed by atoms with Gasteiger partial charge in [-0.25, -0.2) is 4.39 Å². The van der Waals surface area contributed by atoms with Crippen molar-refractivity contribution in [2.45, 2.75) is 13.1 Å². The summed E-state index contributed by atoms with van der Waals surface area (Å²) in [5, 5.41) is 12.8. The highest BCUT2D eigenvalue weighted by molar-refractivity contribution is 7.07. The predicted molar refractivity (Wildman–Crippen MR) is 79.9 cm³/mol. The van der Waals surface area contributed by atoms with Gasteiger partial charge in [-0.3, -0.25) is 4.90 Å². The highest BCUT2D eigenvalue weighted by Crippen LogP contribution is 2.14. The molecule has 2 rings (SSSR count). The van der Waals surface area contributed by atoms with Gasteiger partial charge in [-0.2, -0.15) is 11.3 Å². The van der Waals surface area contributed by atoms with Gasteiger partial charge in [-0.15, -0.1) is 0 Å². The van der Waals surface area contributed by atoms with E-state index in [1.807, 2.05) is 12.4 Å². The summed E-state index contributed by atoms with van der Waals surface area (Å²) in [5.74, 6) is 4.95. The molecule has 4 heteroatoms. The van der Waals surface area contributed by atoms with Crippen molar-refractivity contribution >= 4 is 11.3 Å². The second kappa shape index (κ2) is 7.20. The minimum Gasteiger partial charge on any atom is -0.384 e. The molecule has 1 aromatic carbocycles. The van der Waals surface area contributed by atoms with E-state index in [-0.39, 0.29) is 12.4 Å². The van der Waals surface area contributed by atoms with Crippen molar-refractivity contribution in [2.75, 3.05) is 13.7 Å². The Kier molecular flexibility index (Phi) is 5.31. The maximum absolute atomic E-state index is 14.0. The molecular weight excluding hydrogens is 273 g/mol. The number of benzene rings is 1. The van der Waals surface area contributed by atoms with E-state index >= 15 is 0 Å². The van der Waals surface area contributed by atoms with Crippen molar-refractivity contribution in [3.8, 4) is 11.8 Å². The monoisotopic (exact) mass is 289 g/mol. The zero-order valence-electron chi connectivity index (χ0n) is 11.3. The molecule has 0 aliphatic carbocycles. The van der Waals surface area contributed by atoms with Crippen LogP contribution in [0.2, 0.25) is 0 Å². The first-order valence-corrected chi connectivity index (χ1v) is 7.21. The maximum Gasteiger partial charge on any atom is 0.128 e. The number of thiophene rings is 1. The van der Waals surface area contributed by atoms with Crippen LogP contribution in [-0.2, 0) is 13.1 Å². The van der Waals surface area contributed by atoms with Crippen LogP contribution in [0.5, 0.6) is 0 Å². The quantitative estimate of drug-likeness (QED) is 0.875. The van der Waals surface area contributed by atoms with Gasteiger partial charge in [0.05, 0.1) is 0 Å². The fourth-order valence-corrected chi connectivity index (χ4v) is 2.60. The summed E-state index contributed by atoms with van der Waals surface area (Å²) in [7, 11) is 1.97. The average molecular weight is 289 g/mol. The topological polar surface area (TPSA) is 23.5 Å². The summed E-state index contributed by atoms with van der Waals surface area (Å²) in [6.07, 6.45) is 0. The molecule has 0 saturated heterocycles. The van der Waals surface area contributed by atoms with Crippen LogP contribution in [0.25, 0.3) is 0 Å². The third kappa shape index (κ3) is 4.17. The Labute approximate surface area is 122 Å². The number of hydrogen-bond donors (Lipinski definition) is 1. The first kappa shape index (κ1) is 14.7. The minimum absolute atomic E-state index is 0.216. The van der Waals surface area contributed by atoms with Crippen molar-refractivity contribution in [1.29, 1.82) is 0 Å². The Hall–Kier alpha value is -1.67. The lowest BCUT2D eigenvalue weighted by molar-refractivity contribution is 0.314. The first-order valence-electron chi connectivity index (χ1n) is 6.27. The molecule has 0 amide bonds. The number of nitrogens with zero attached hydrogens (tertiary/aromatic N) is 1. The lowest BCUT2D eigenvalue weighted by Gasteiger charge is -2.16. The van der Waals surface area contributed by atoms with Gasteiger partial charge in [0.15, 0.2) is 0 Å². The molecule has 0 aliphatic heterocycles. The number of rotatable bonds is 4. The molecule has 0 radical (unpaired) electrons. The molecule has 0 atom stereocenters. The van der Waals surface area contributed by atoms with Gasteiger partial charge in [-0.05, 0) is 41.6 Å². The van der Waals surface area contributed by atoms with Crippen molar-refractivity contribution in [3.63, 3.8) is 0 Å². The normalized spacial score (nSPS) is 10.4. The zero-order chi connectivity index (χ0) is 14.4. The highest BCUT2D eigenvalue weighted by Gasteiger charge is 2.07. The van der Waals surface area contributed by atoms with Crippen molar-refractivity contribution in [2.24, 2.45) is 0 Å². The Morgan fingerprint density at radius 1 is 1.30 bits per heavy atom. The zero-order valence-corrected chi connectivity index (χ0v) is 12.1. The van der Waals surface area contributed by atoms with Gasteiger partial charge in [0.25, 0.3) is 0 Å². The van der Waals surface area contributed by atoms with Crippen molar-refractivity contribution in [1.82, 2.24) is 4.90 Å². The van der Waals surface area contributed by atoms with Crippen LogP contribution >= 0.6 is 11.3 Å². The molecule has 2 aromatic rings. The van der Waals surface area contributed by atoms with Gasteiger partial charge >= 0.3 is 0 Å². The Balaban J connectivity index is 2.02. The summed E-state index contributed by atoms with van der Waals surface area (Å²) in [6, 6.07) is 7.02. The number of hydrogen-bond acceptors (Lipinski definition) is 3. The van der Waals surface area contributed by atoms with Crippen LogP contribution in [0.4, 0.5) is 4.39 Å². The molecule has 0 spiro atoms. The van der Waals surface area contributed by atoms with Crippen LogP contribution in [0.1, 0.15) is 16.7 Å². The molecule has 1 heterocycles. The SMILES string of the molecule is CN(Cc1ccsc1)Cc1ccc(C#CCO)cc1F. The third-order valence-electron chi connectivity index (χ3n) is 2.84. The first-order chi connectivity index (χ1) is 9.69. The molecule has 1 N–H and O–H groups in total. The molecule has 1 aromatic heterocycles. The number of aliphatic hydroxyl groups excluding tert-OH is 1. The molecule has 0 fully saturated rings. The molecule has 2 nitrogen and oxygen atoms in total. The Morgan fingerprint density at radius 2 is 2.15 bits per heavy atom. The minimum atomic E-state index is -0.257. The van der Waals surface area contributed by atoms with Gasteiger partial charge in [0.1, 0.15) is 12.4 Å². The number of halogens is 1. The van der Waals surface area contributed by atoms with Gasteiger partial charge in [0.2, 0.25) is 0 Å². The largest absolute Gasteiger partial charge is 0.384 e. The maximum atomic E-state index is 14.0. The average Bonchev–Trinajstić information content (AvgIpc) is 2.92. The Bertz CT molecular complexity index is 613. The molecule has 104 valence electrons. The van der Waals surface area contributed by atoms with E-state index in [1.165, 1.54) is 11.6 Å². The summed E-state index contributed by atoms with van der Waals surface area (Å²) in [6.45, 7) is 1.14. The molecule has 20 heavy (non-hydrogen) atoms. The summed E-state index contributed by atoms with van der Waals surface area (Å²) in [4.78, 5) is 2.07. The third-order valence-corrected chi connectivity index (χ3v) is 3.57. The number of aliphatic hydroxyl groups is 1. The van der Waals surface area contributed by atoms with E-state index in [2.05, 4.69) is 28.2 Å². The summed E-state index contributed by atoms with van der Waals surface area (Å²) in [5.41, 5.74) is 2.47. The van der Waals surface area contributed by atoms with Crippen molar-refractivity contribution < 1.29 is 9.50 Å². The molecule has 0 bridgehead atoms. The van der Waals surface area contributed by atoms with Crippen LogP contribution in [-0.4, -0.2) is 23.7 Å². The van der Waals surface area contributed by atoms with E-state index in [1.54, 1.807) is 23.5 Å². The molecular formula is C16H16FNOS.